The minimum absolute atomic E-state index is 0.0216. The SMILES string of the molecule is Cc1cc(CNC(C)(C)C)cc(OCC(F)F)c1.NC(=O)c1cnccn1. The Morgan fingerprint density at radius 2 is 1.96 bits per heavy atom. The number of alkyl halides is 2. The summed E-state index contributed by atoms with van der Waals surface area (Å²) >= 11 is 0. The van der Waals surface area contributed by atoms with E-state index < -0.39 is 18.9 Å². The molecule has 3 N–H and O–H groups in total. The first-order valence-electron chi connectivity index (χ1n) is 8.39. The van der Waals surface area contributed by atoms with E-state index in [0.29, 0.717) is 12.3 Å². The van der Waals surface area contributed by atoms with Crippen LogP contribution in [0, 0.1) is 6.92 Å². The average molecular weight is 380 g/mol. The van der Waals surface area contributed by atoms with Crippen LogP contribution in [0.1, 0.15) is 42.4 Å². The lowest BCUT2D eigenvalue weighted by atomic mass is 10.1. The van der Waals surface area contributed by atoms with Crippen LogP contribution in [0.5, 0.6) is 5.75 Å². The lowest BCUT2D eigenvalue weighted by Gasteiger charge is -2.21. The van der Waals surface area contributed by atoms with Crippen molar-refractivity contribution in [1.29, 1.82) is 0 Å². The predicted molar refractivity (Wildman–Crippen MR) is 99.8 cm³/mol. The Kier molecular flexibility index (Phi) is 8.74. The van der Waals surface area contributed by atoms with Crippen molar-refractivity contribution in [3.05, 3.63) is 53.6 Å². The van der Waals surface area contributed by atoms with Crippen molar-refractivity contribution in [2.75, 3.05) is 6.61 Å². The van der Waals surface area contributed by atoms with E-state index in [4.69, 9.17) is 10.5 Å². The van der Waals surface area contributed by atoms with Gasteiger partial charge in [-0.25, -0.2) is 13.8 Å². The summed E-state index contributed by atoms with van der Waals surface area (Å²) in [7, 11) is 0. The fourth-order valence-electron chi connectivity index (χ4n) is 1.96. The van der Waals surface area contributed by atoms with Crippen LogP contribution >= 0.6 is 0 Å². The molecule has 0 aliphatic rings. The Morgan fingerprint density at radius 3 is 2.44 bits per heavy atom. The zero-order valence-corrected chi connectivity index (χ0v) is 16.0. The van der Waals surface area contributed by atoms with Gasteiger partial charge in [0, 0.05) is 24.5 Å². The quantitative estimate of drug-likeness (QED) is 0.804. The minimum atomic E-state index is -2.44. The summed E-state index contributed by atoms with van der Waals surface area (Å²) in [5.41, 5.74) is 7.13. The van der Waals surface area contributed by atoms with E-state index in [2.05, 4.69) is 36.1 Å². The first-order chi connectivity index (χ1) is 12.6. The Labute approximate surface area is 158 Å². The van der Waals surface area contributed by atoms with Crippen molar-refractivity contribution in [1.82, 2.24) is 15.3 Å². The second kappa shape index (κ2) is 10.5. The van der Waals surface area contributed by atoms with Gasteiger partial charge in [0.05, 0.1) is 6.20 Å². The number of nitrogens with zero attached hydrogens (tertiary/aromatic N) is 2. The number of rotatable bonds is 6. The average Bonchev–Trinajstić information content (AvgIpc) is 2.58. The maximum atomic E-state index is 12.1. The van der Waals surface area contributed by atoms with Gasteiger partial charge in [-0.15, -0.1) is 0 Å². The highest BCUT2D eigenvalue weighted by Gasteiger charge is 2.10. The van der Waals surface area contributed by atoms with E-state index in [-0.39, 0.29) is 11.2 Å². The molecular formula is C19H26F2N4O2. The minimum Gasteiger partial charge on any atom is -0.488 e. The summed E-state index contributed by atoms with van der Waals surface area (Å²) in [6.07, 6.45) is 1.77. The Morgan fingerprint density at radius 1 is 1.26 bits per heavy atom. The normalized spacial score (nSPS) is 10.9. The number of halogens is 2. The lowest BCUT2D eigenvalue weighted by molar-refractivity contribution is 0.0818. The molecule has 27 heavy (non-hydrogen) atoms. The number of nitrogens with two attached hydrogens (primary N) is 1. The Balaban J connectivity index is 0.000000337. The molecule has 0 saturated heterocycles. The number of ether oxygens (including phenoxy) is 1. The van der Waals surface area contributed by atoms with Crippen molar-refractivity contribution in [2.24, 2.45) is 5.73 Å². The number of primary amides is 1. The zero-order chi connectivity index (χ0) is 20.4. The van der Waals surface area contributed by atoms with Gasteiger partial charge in [-0.05, 0) is 51.0 Å². The first kappa shape index (κ1) is 22.4. The van der Waals surface area contributed by atoms with E-state index >= 15 is 0 Å². The largest absolute Gasteiger partial charge is 0.488 e. The summed E-state index contributed by atoms with van der Waals surface area (Å²) in [5, 5.41) is 3.35. The molecule has 0 saturated carbocycles. The number of aryl methyl sites for hydroxylation is 1. The Hall–Kier alpha value is -2.61. The molecule has 1 heterocycles. The molecule has 2 aromatic rings. The molecule has 1 aromatic heterocycles. The third-order valence-electron chi connectivity index (χ3n) is 3.13. The van der Waals surface area contributed by atoms with Gasteiger partial charge in [0.15, 0.2) is 0 Å². The van der Waals surface area contributed by atoms with E-state index in [1.54, 1.807) is 12.1 Å². The standard InChI is InChI=1S/C14H21F2NO.C5H5N3O/c1-10-5-11(8-17-14(2,3)4)7-12(6-10)18-9-13(15)16;6-5(9)4-3-7-1-2-8-4/h5-7,13,17H,8-9H2,1-4H3;1-3H,(H2,6,9). The lowest BCUT2D eigenvalue weighted by Crippen LogP contribution is -2.35. The number of carbonyl (C=O) groups is 1. The van der Waals surface area contributed by atoms with Gasteiger partial charge >= 0.3 is 0 Å². The fraction of sp³-hybridized carbons (Fsp3) is 0.421. The van der Waals surface area contributed by atoms with Crippen molar-refractivity contribution in [2.45, 2.75) is 46.2 Å². The van der Waals surface area contributed by atoms with Crippen LogP contribution < -0.4 is 15.8 Å². The van der Waals surface area contributed by atoms with Crippen LogP contribution in [0.15, 0.2) is 36.8 Å². The van der Waals surface area contributed by atoms with Crippen LogP contribution in [0.4, 0.5) is 8.78 Å². The zero-order valence-electron chi connectivity index (χ0n) is 16.0. The molecule has 8 heteroatoms. The Bertz CT molecular complexity index is 719. The molecular weight excluding hydrogens is 354 g/mol. The molecule has 0 unspecified atom stereocenters. The number of nitrogens with one attached hydrogen (secondary N) is 1. The molecule has 0 bridgehead atoms. The molecule has 0 radical (unpaired) electrons. The molecule has 0 spiro atoms. The predicted octanol–water partition coefficient (Wildman–Crippen LogP) is 3.10. The number of amides is 1. The van der Waals surface area contributed by atoms with E-state index in [1.165, 1.54) is 18.6 Å². The number of benzene rings is 1. The highest BCUT2D eigenvalue weighted by atomic mass is 19.3. The molecule has 0 aliphatic heterocycles. The molecule has 0 aliphatic carbocycles. The topological polar surface area (TPSA) is 90.1 Å². The number of aromatic nitrogens is 2. The van der Waals surface area contributed by atoms with Gasteiger partial charge < -0.3 is 15.8 Å². The van der Waals surface area contributed by atoms with E-state index in [9.17, 15) is 13.6 Å². The summed E-state index contributed by atoms with van der Waals surface area (Å²) in [4.78, 5) is 17.6. The van der Waals surface area contributed by atoms with Gasteiger partial charge in [-0.1, -0.05) is 6.07 Å². The summed E-state index contributed by atoms with van der Waals surface area (Å²) in [5.74, 6) is -0.0518. The van der Waals surface area contributed by atoms with Gasteiger partial charge in [0.1, 0.15) is 18.1 Å². The molecule has 2 rings (SSSR count). The van der Waals surface area contributed by atoms with Gasteiger partial charge in [-0.2, -0.15) is 0 Å². The van der Waals surface area contributed by atoms with Crippen LogP contribution in [-0.4, -0.2) is 34.4 Å². The number of hydrogen-bond donors (Lipinski definition) is 2. The number of carbonyl (C=O) groups excluding carboxylic acids is 1. The second-order valence-electron chi connectivity index (χ2n) is 6.91. The van der Waals surface area contributed by atoms with E-state index in [0.717, 1.165) is 11.1 Å². The molecule has 148 valence electrons. The van der Waals surface area contributed by atoms with Gasteiger partial charge in [0.25, 0.3) is 12.3 Å². The second-order valence-corrected chi connectivity index (χ2v) is 6.91. The third kappa shape index (κ3) is 10.2. The smallest absolute Gasteiger partial charge is 0.272 e. The van der Waals surface area contributed by atoms with Gasteiger partial charge in [0.2, 0.25) is 0 Å². The maximum Gasteiger partial charge on any atom is 0.272 e. The molecule has 0 fully saturated rings. The molecule has 6 nitrogen and oxygen atoms in total. The highest BCUT2D eigenvalue weighted by molar-refractivity contribution is 5.90. The highest BCUT2D eigenvalue weighted by Crippen LogP contribution is 2.18. The summed E-state index contributed by atoms with van der Waals surface area (Å²) in [6, 6.07) is 5.59. The van der Waals surface area contributed by atoms with Crippen LogP contribution in [-0.2, 0) is 6.54 Å². The summed E-state index contributed by atoms with van der Waals surface area (Å²) < 4.78 is 29.2. The monoisotopic (exact) mass is 380 g/mol. The number of hydrogen-bond acceptors (Lipinski definition) is 5. The third-order valence-corrected chi connectivity index (χ3v) is 3.13. The van der Waals surface area contributed by atoms with Crippen LogP contribution in [0.3, 0.4) is 0 Å². The van der Waals surface area contributed by atoms with Crippen molar-refractivity contribution >= 4 is 5.91 Å². The maximum absolute atomic E-state index is 12.1. The van der Waals surface area contributed by atoms with Crippen molar-refractivity contribution < 1.29 is 18.3 Å². The van der Waals surface area contributed by atoms with E-state index in [1.807, 2.05) is 13.0 Å². The molecule has 0 atom stereocenters. The summed E-state index contributed by atoms with van der Waals surface area (Å²) in [6.45, 7) is 8.30. The van der Waals surface area contributed by atoms with Crippen molar-refractivity contribution in [3.8, 4) is 5.75 Å². The molecule has 1 aromatic carbocycles. The molecule has 1 amide bonds. The fourth-order valence-corrected chi connectivity index (χ4v) is 1.96. The van der Waals surface area contributed by atoms with Crippen LogP contribution in [0.25, 0.3) is 0 Å². The van der Waals surface area contributed by atoms with Crippen LogP contribution in [0.2, 0.25) is 0 Å². The van der Waals surface area contributed by atoms with Gasteiger partial charge in [-0.3, -0.25) is 9.78 Å². The first-order valence-corrected chi connectivity index (χ1v) is 8.39. The van der Waals surface area contributed by atoms with Crippen molar-refractivity contribution in [3.63, 3.8) is 0 Å².